The molecule has 0 saturated heterocycles. The molecular weight excluding hydrogens is 187 g/mol. The largest absolute Gasteiger partial charge is 0.363 e. The number of rotatable bonds is 3. The van der Waals surface area contributed by atoms with Gasteiger partial charge in [-0.15, -0.1) is 0 Å². The highest BCUT2D eigenvalue weighted by molar-refractivity contribution is 7.98. The van der Waals surface area contributed by atoms with Gasteiger partial charge < -0.3 is 9.84 Å². The van der Waals surface area contributed by atoms with Crippen LogP contribution >= 0.6 is 11.8 Å². The Hall–Kier alpha value is -0.585. The van der Waals surface area contributed by atoms with E-state index in [1.165, 1.54) is 25.1 Å². The highest BCUT2D eigenvalue weighted by Crippen LogP contribution is 2.11. The van der Waals surface area contributed by atoms with Crippen molar-refractivity contribution in [2.24, 2.45) is 0 Å². The van der Waals surface area contributed by atoms with Gasteiger partial charge in [-0.1, -0.05) is 17.2 Å². The molecule has 0 amide bonds. The van der Waals surface area contributed by atoms with Crippen LogP contribution in [-0.4, -0.2) is 36.3 Å². The van der Waals surface area contributed by atoms with Gasteiger partial charge in [0.05, 0.1) is 5.69 Å². The minimum Gasteiger partial charge on any atom is -0.363 e. The van der Waals surface area contributed by atoms with Gasteiger partial charge in [-0.2, -0.15) is 0 Å². The van der Waals surface area contributed by atoms with Crippen molar-refractivity contribution in [1.82, 2.24) is 9.97 Å². The molecule has 1 aromatic heterocycles. The fourth-order valence-corrected chi connectivity index (χ4v) is 1.14. The van der Waals surface area contributed by atoms with Gasteiger partial charge in [-0.3, -0.25) is 0 Å². The molecule has 1 rings (SSSR count). The standard InChI is InChI=1S/C7H9BN2O2S/c1-12-6(11)5-4(8)3-9-7(10-5)13-2/h3,6,11H,1-2H3. The summed E-state index contributed by atoms with van der Waals surface area (Å²) in [4.78, 5) is 7.95. The molecule has 1 N–H and O–H groups in total. The molecule has 0 aliphatic carbocycles. The third-order valence-corrected chi connectivity index (χ3v) is 2.03. The van der Waals surface area contributed by atoms with E-state index >= 15 is 0 Å². The lowest BCUT2D eigenvalue weighted by atomic mass is 9.96. The number of hydrogen-bond donors (Lipinski definition) is 1. The average molecular weight is 196 g/mol. The summed E-state index contributed by atoms with van der Waals surface area (Å²) in [5.74, 6) is 0. The maximum absolute atomic E-state index is 9.33. The average Bonchev–Trinajstić information content (AvgIpc) is 2.17. The van der Waals surface area contributed by atoms with Crippen molar-refractivity contribution < 1.29 is 9.84 Å². The number of methoxy groups -OCH3 is 1. The second kappa shape index (κ2) is 4.60. The predicted molar refractivity (Wildman–Crippen MR) is 51.2 cm³/mol. The molecule has 0 spiro atoms. The van der Waals surface area contributed by atoms with Gasteiger partial charge in [0, 0.05) is 13.3 Å². The highest BCUT2D eigenvalue weighted by atomic mass is 32.2. The van der Waals surface area contributed by atoms with Crippen LogP contribution in [0.3, 0.4) is 0 Å². The molecule has 0 bridgehead atoms. The van der Waals surface area contributed by atoms with Gasteiger partial charge in [0.25, 0.3) is 0 Å². The minimum absolute atomic E-state index is 0.307. The van der Waals surface area contributed by atoms with Crippen LogP contribution in [0, 0.1) is 0 Å². The maximum atomic E-state index is 9.33. The van der Waals surface area contributed by atoms with E-state index in [4.69, 9.17) is 12.6 Å². The van der Waals surface area contributed by atoms with Gasteiger partial charge in [-0.05, 0) is 6.26 Å². The molecule has 1 unspecified atom stereocenters. The lowest BCUT2D eigenvalue weighted by Gasteiger charge is -2.10. The van der Waals surface area contributed by atoms with E-state index in [9.17, 15) is 5.11 Å². The SMILES string of the molecule is [B]c1cnc(SC)nc1C(O)OC. The monoisotopic (exact) mass is 196 g/mol. The van der Waals surface area contributed by atoms with E-state index in [-0.39, 0.29) is 0 Å². The van der Waals surface area contributed by atoms with Crippen molar-refractivity contribution in [2.45, 2.75) is 11.4 Å². The summed E-state index contributed by atoms with van der Waals surface area (Å²) in [6.07, 6.45) is 2.21. The summed E-state index contributed by atoms with van der Waals surface area (Å²) < 4.78 is 4.69. The van der Waals surface area contributed by atoms with E-state index in [1.54, 1.807) is 0 Å². The first-order valence-electron chi connectivity index (χ1n) is 3.56. The second-order valence-corrected chi connectivity index (χ2v) is 3.06. The number of hydrogen-bond acceptors (Lipinski definition) is 5. The number of ether oxygens (including phenoxy) is 1. The molecule has 0 aromatic carbocycles. The van der Waals surface area contributed by atoms with Crippen LogP contribution in [0.4, 0.5) is 0 Å². The van der Waals surface area contributed by atoms with Crippen molar-refractivity contribution in [3.8, 4) is 0 Å². The first-order valence-corrected chi connectivity index (χ1v) is 4.78. The van der Waals surface area contributed by atoms with Crippen molar-refractivity contribution >= 4 is 25.1 Å². The maximum Gasteiger partial charge on any atom is 0.197 e. The Labute approximate surface area is 82.1 Å². The van der Waals surface area contributed by atoms with Crippen LogP contribution in [0.15, 0.2) is 11.4 Å². The summed E-state index contributed by atoms with van der Waals surface area (Å²) in [5, 5.41) is 9.88. The Morgan fingerprint density at radius 1 is 1.69 bits per heavy atom. The second-order valence-electron chi connectivity index (χ2n) is 2.29. The zero-order valence-electron chi connectivity index (χ0n) is 7.39. The zero-order valence-corrected chi connectivity index (χ0v) is 8.21. The molecular formula is C7H9BN2O2S. The number of aliphatic hydroxyl groups excluding tert-OH is 1. The summed E-state index contributed by atoms with van der Waals surface area (Å²) in [7, 11) is 6.93. The van der Waals surface area contributed by atoms with Crippen LogP contribution in [0.1, 0.15) is 12.0 Å². The van der Waals surface area contributed by atoms with E-state index in [1.807, 2.05) is 6.26 Å². The Morgan fingerprint density at radius 2 is 2.38 bits per heavy atom. The highest BCUT2D eigenvalue weighted by Gasteiger charge is 2.11. The van der Waals surface area contributed by atoms with Gasteiger partial charge >= 0.3 is 0 Å². The summed E-state index contributed by atoms with van der Waals surface area (Å²) in [6.45, 7) is 0. The molecule has 1 aromatic rings. The van der Waals surface area contributed by atoms with Gasteiger partial charge in [0.2, 0.25) is 0 Å². The van der Waals surface area contributed by atoms with Crippen LogP contribution < -0.4 is 5.46 Å². The predicted octanol–water partition coefficient (Wildman–Crippen LogP) is -0.370. The molecule has 0 saturated carbocycles. The molecule has 1 heterocycles. The van der Waals surface area contributed by atoms with Crippen LogP contribution in [0.25, 0.3) is 0 Å². The van der Waals surface area contributed by atoms with Crippen LogP contribution in [0.2, 0.25) is 0 Å². The molecule has 13 heavy (non-hydrogen) atoms. The zero-order chi connectivity index (χ0) is 9.84. The fraction of sp³-hybridized carbons (Fsp3) is 0.429. The number of aliphatic hydroxyl groups is 1. The topological polar surface area (TPSA) is 55.2 Å². The van der Waals surface area contributed by atoms with Crippen molar-refractivity contribution in [3.63, 3.8) is 0 Å². The van der Waals surface area contributed by atoms with Crippen LogP contribution in [-0.2, 0) is 4.74 Å². The summed E-state index contributed by atoms with van der Waals surface area (Å²) in [6, 6.07) is 0. The van der Waals surface area contributed by atoms with Gasteiger partial charge in [0.15, 0.2) is 11.4 Å². The first kappa shape index (κ1) is 10.5. The van der Waals surface area contributed by atoms with E-state index in [2.05, 4.69) is 9.97 Å². The molecule has 0 aliphatic rings. The third-order valence-electron chi connectivity index (χ3n) is 1.47. The van der Waals surface area contributed by atoms with E-state index in [0.717, 1.165) is 0 Å². The van der Waals surface area contributed by atoms with E-state index < -0.39 is 6.29 Å². The lowest BCUT2D eigenvalue weighted by Crippen LogP contribution is -2.19. The fourth-order valence-electron chi connectivity index (χ4n) is 0.795. The molecule has 68 valence electrons. The van der Waals surface area contributed by atoms with Crippen molar-refractivity contribution in [1.29, 1.82) is 0 Å². The molecule has 0 aliphatic heterocycles. The summed E-state index contributed by atoms with van der Waals surface area (Å²) >= 11 is 1.38. The minimum atomic E-state index is -1.09. The Balaban J connectivity index is 3.03. The smallest absolute Gasteiger partial charge is 0.197 e. The quantitative estimate of drug-likeness (QED) is 0.309. The first-order chi connectivity index (χ1) is 6.19. The number of aromatic nitrogens is 2. The van der Waals surface area contributed by atoms with Gasteiger partial charge in [-0.25, -0.2) is 9.97 Å². The number of thioether (sulfide) groups is 1. The Bertz CT molecular complexity index is 298. The van der Waals surface area contributed by atoms with E-state index in [0.29, 0.717) is 16.3 Å². The number of nitrogens with zero attached hydrogens (tertiary/aromatic N) is 2. The molecule has 2 radical (unpaired) electrons. The summed E-state index contributed by atoms with van der Waals surface area (Å²) in [5.41, 5.74) is 0.633. The molecule has 0 fully saturated rings. The Kier molecular flexibility index (Phi) is 3.71. The van der Waals surface area contributed by atoms with Crippen molar-refractivity contribution in [3.05, 3.63) is 11.9 Å². The third kappa shape index (κ3) is 2.43. The van der Waals surface area contributed by atoms with Crippen molar-refractivity contribution in [2.75, 3.05) is 13.4 Å². The lowest BCUT2D eigenvalue weighted by molar-refractivity contribution is -0.0795. The molecule has 4 nitrogen and oxygen atoms in total. The van der Waals surface area contributed by atoms with Crippen LogP contribution in [0.5, 0.6) is 0 Å². The normalized spacial score (nSPS) is 12.8. The molecule has 6 heteroatoms. The van der Waals surface area contributed by atoms with Gasteiger partial charge in [0.1, 0.15) is 7.85 Å². The Morgan fingerprint density at radius 3 is 2.92 bits per heavy atom. The molecule has 1 atom stereocenters.